The first kappa shape index (κ1) is 5.67. The Hall–Kier alpha value is -0.460. The Morgan fingerprint density at radius 3 is 2.62 bits per heavy atom. The van der Waals surface area contributed by atoms with Crippen LogP contribution in [0.1, 0.15) is 20.3 Å². The fourth-order valence-electron chi connectivity index (χ4n) is 1.11. The van der Waals surface area contributed by atoms with Gasteiger partial charge in [-0.05, 0) is 18.5 Å². The number of hydrogen-bond donors (Lipinski definition) is 1. The highest BCUT2D eigenvalue weighted by Gasteiger charge is 2.14. The fourth-order valence-corrected chi connectivity index (χ4v) is 1.11. The van der Waals surface area contributed by atoms with E-state index in [9.17, 15) is 0 Å². The lowest BCUT2D eigenvalue weighted by atomic mass is 10.0. The highest BCUT2D eigenvalue weighted by atomic mass is 14.9. The normalized spacial score (nSPS) is 35.2. The largest absolute Gasteiger partial charge is 0.388 e. The van der Waals surface area contributed by atoms with Gasteiger partial charge in [-0.25, -0.2) is 0 Å². The summed E-state index contributed by atoms with van der Waals surface area (Å²) in [6.07, 6.45) is 5.50. The van der Waals surface area contributed by atoms with E-state index >= 15 is 0 Å². The van der Waals surface area contributed by atoms with Crippen molar-refractivity contribution >= 4 is 0 Å². The molecule has 1 nitrogen and oxygen atoms in total. The third kappa shape index (κ3) is 0.857. The summed E-state index contributed by atoms with van der Waals surface area (Å²) in [6, 6.07) is 0.704. The van der Waals surface area contributed by atoms with Gasteiger partial charge in [0.25, 0.3) is 0 Å². The van der Waals surface area contributed by atoms with Gasteiger partial charge in [0.15, 0.2) is 0 Å². The topological polar surface area (TPSA) is 12.0 Å². The van der Waals surface area contributed by atoms with Crippen molar-refractivity contribution in [1.29, 1.82) is 0 Å². The first-order valence-corrected chi connectivity index (χ1v) is 3.27. The molecular formula is C7H13N. The minimum absolute atomic E-state index is 0.704. The zero-order valence-electron chi connectivity index (χ0n) is 5.52. The summed E-state index contributed by atoms with van der Waals surface area (Å²) in [7, 11) is 0. The summed E-state index contributed by atoms with van der Waals surface area (Å²) >= 11 is 0. The van der Waals surface area contributed by atoms with Crippen molar-refractivity contribution in [2.45, 2.75) is 26.3 Å². The first-order valence-electron chi connectivity index (χ1n) is 3.27. The maximum atomic E-state index is 3.28. The van der Waals surface area contributed by atoms with E-state index in [1.807, 2.05) is 0 Å². The van der Waals surface area contributed by atoms with E-state index in [4.69, 9.17) is 0 Å². The minimum atomic E-state index is 0.704. The molecule has 46 valence electrons. The van der Waals surface area contributed by atoms with Crippen LogP contribution in [-0.2, 0) is 0 Å². The molecule has 0 aromatic rings. The second kappa shape index (κ2) is 2.21. The summed E-state index contributed by atoms with van der Waals surface area (Å²) in [5, 5.41) is 3.28. The molecule has 0 bridgehead atoms. The molecule has 1 N–H and O–H groups in total. The monoisotopic (exact) mass is 111 g/mol. The number of nitrogens with one attached hydrogen (secondary N) is 1. The SMILES string of the molecule is CCC1NC=CC1C. The quantitative estimate of drug-likeness (QED) is 0.541. The molecular weight excluding hydrogens is 98.1 g/mol. The van der Waals surface area contributed by atoms with E-state index < -0.39 is 0 Å². The molecule has 0 amide bonds. The van der Waals surface area contributed by atoms with Gasteiger partial charge >= 0.3 is 0 Å². The van der Waals surface area contributed by atoms with Crippen LogP contribution in [0.5, 0.6) is 0 Å². The predicted octanol–water partition coefficient (Wildman–Crippen LogP) is 1.52. The molecule has 0 aliphatic carbocycles. The number of rotatable bonds is 1. The molecule has 8 heavy (non-hydrogen) atoms. The Balaban J connectivity index is 2.38. The van der Waals surface area contributed by atoms with Crippen LogP contribution in [0.4, 0.5) is 0 Å². The van der Waals surface area contributed by atoms with E-state index in [0.717, 1.165) is 5.92 Å². The molecule has 2 unspecified atom stereocenters. The lowest BCUT2D eigenvalue weighted by molar-refractivity contribution is 0.499. The minimum Gasteiger partial charge on any atom is -0.388 e. The van der Waals surface area contributed by atoms with Gasteiger partial charge in [-0.15, -0.1) is 0 Å². The van der Waals surface area contributed by atoms with Crippen molar-refractivity contribution in [3.8, 4) is 0 Å². The Morgan fingerprint density at radius 2 is 2.38 bits per heavy atom. The van der Waals surface area contributed by atoms with Crippen molar-refractivity contribution in [3.63, 3.8) is 0 Å². The van der Waals surface area contributed by atoms with Crippen molar-refractivity contribution in [2.24, 2.45) is 5.92 Å². The molecule has 0 saturated heterocycles. The third-order valence-corrected chi connectivity index (χ3v) is 1.78. The van der Waals surface area contributed by atoms with Crippen molar-refractivity contribution in [1.82, 2.24) is 5.32 Å². The maximum Gasteiger partial charge on any atom is 0.0313 e. The molecule has 0 radical (unpaired) electrons. The van der Waals surface area contributed by atoms with Gasteiger partial charge in [-0.2, -0.15) is 0 Å². The van der Waals surface area contributed by atoms with Crippen molar-refractivity contribution < 1.29 is 0 Å². The van der Waals surface area contributed by atoms with Crippen molar-refractivity contribution in [2.75, 3.05) is 0 Å². The highest BCUT2D eigenvalue weighted by Crippen LogP contribution is 2.12. The van der Waals surface area contributed by atoms with Crippen LogP contribution in [0.2, 0.25) is 0 Å². The van der Waals surface area contributed by atoms with Gasteiger partial charge < -0.3 is 5.32 Å². The van der Waals surface area contributed by atoms with E-state index in [-0.39, 0.29) is 0 Å². The van der Waals surface area contributed by atoms with Gasteiger partial charge in [0.05, 0.1) is 0 Å². The molecule has 0 aromatic carbocycles. The molecule has 0 fully saturated rings. The maximum absolute atomic E-state index is 3.28. The average Bonchev–Trinajstić information content (AvgIpc) is 2.14. The Morgan fingerprint density at radius 1 is 1.62 bits per heavy atom. The molecule has 1 heteroatoms. The summed E-state index contributed by atoms with van der Waals surface area (Å²) in [5.41, 5.74) is 0. The average molecular weight is 111 g/mol. The second-order valence-corrected chi connectivity index (χ2v) is 2.40. The number of hydrogen-bond acceptors (Lipinski definition) is 1. The zero-order valence-corrected chi connectivity index (χ0v) is 5.52. The van der Waals surface area contributed by atoms with Crippen LogP contribution in [-0.4, -0.2) is 6.04 Å². The van der Waals surface area contributed by atoms with Gasteiger partial charge in [0, 0.05) is 6.04 Å². The van der Waals surface area contributed by atoms with Crippen LogP contribution in [0.25, 0.3) is 0 Å². The molecule has 2 atom stereocenters. The summed E-state index contributed by atoms with van der Waals surface area (Å²) in [5.74, 6) is 0.736. The standard InChI is InChI=1S/C7H13N/c1-3-7-6(2)4-5-8-7/h4-8H,3H2,1-2H3. The Labute approximate surface area is 50.8 Å². The molecule has 1 aliphatic rings. The van der Waals surface area contributed by atoms with Crippen LogP contribution in [0.3, 0.4) is 0 Å². The van der Waals surface area contributed by atoms with Crippen LogP contribution in [0, 0.1) is 5.92 Å². The van der Waals surface area contributed by atoms with Crippen molar-refractivity contribution in [3.05, 3.63) is 12.3 Å². The molecule has 0 saturated carbocycles. The predicted molar refractivity (Wildman–Crippen MR) is 35.5 cm³/mol. The van der Waals surface area contributed by atoms with Gasteiger partial charge in [-0.1, -0.05) is 19.9 Å². The third-order valence-electron chi connectivity index (χ3n) is 1.78. The lowest BCUT2D eigenvalue weighted by Gasteiger charge is -2.12. The Bertz CT molecular complexity index is 96.6. The van der Waals surface area contributed by atoms with Crippen LogP contribution in [0.15, 0.2) is 12.3 Å². The highest BCUT2D eigenvalue weighted by molar-refractivity contribution is 4.99. The lowest BCUT2D eigenvalue weighted by Crippen LogP contribution is -2.23. The summed E-state index contributed by atoms with van der Waals surface area (Å²) in [6.45, 7) is 4.45. The van der Waals surface area contributed by atoms with Gasteiger partial charge in [0.2, 0.25) is 0 Å². The first-order chi connectivity index (χ1) is 3.84. The molecule has 1 aliphatic heterocycles. The molecule has 0 spiro atoms. The molecule has 1 heterocycles. The fraction of sp³-hybridized carbons (Fsp3) is 0.714. The zero-order chi connectivity index (χ0) is 5.98. The Kier molecular flexibility index (Phi) is 1.56. The van der Waals surface area contributed by atoms with Gasteiger partial charge in [-0.3, -0.25) is 0 Å². The van der Waals surface area contributed by atoms with Gasteiger partial charge in [0.1, 0.15) is 0 Å². The summed E-state index contributed by atoms with van der Waals surface area (Å²) < 4.78 is 0. The smallest absolute Gasteiger partial charge is 0.0313 e. The van der Waals surface area contributed by atoms with Crippen LogP contribution < -0.4 is 5.32 Å². The second-order valence-electron chi connectivity index (χ2n) is 2.40. The molecule has 0 aromatic heterocycles. The summed E-state index contributed by atoms with van der Waals surface area (Å²) in [4.78, 5) is 0. The van der Waals surface area contributed by atoms with E-state index in [1.54, 1.807) is 0 Å². The van der Waals surface area contributed by atoms with E-state index in [0.29, 0.717) is 6.04 Å². The van der Waals surface area contributed by atoms with Crippen LogP contribution >= 0.6 is 0 Å². The van der Waals surface area contributed by atoms with E-state index in [2.05, 4.69) is 31.4 Å². The van der Waals surface area contributed by atoms with E-state index in [1.165, 1.54) is 6.42 Å². The molecule has 1 rings (SSSR count).